The molecule has 0 atom stereocenters. The van der Waals surface area contributed by atoms with E-state index in [4.69, 9.17) is 22.7 Å². The predicted octanol–water partition coefficient (Wildman–Crippen LogP) is 1.17. The molecule has 20 heavy (non-hydrogen) atoms. The second-order valence-corrected chi connectivity index (χ2v) is 7.40. The molecule has 0 aromatic heterocycles. The highest BCUT2D eigenvalue weighted by Gasteiger charge is 2.25. The molecular formula is C13H20N2O3S2. The quantitative estimate of drug-likeness (QED) is 0.738. The molecule has 1 rings (SSSR count). The number of nitrogens with one attached hydrogen (secondary N) is 1. The lowest BCUT2D eigenvalue weighted by Crippen LogP contribution is -2.47. The Kier molecular flexibility index (Phi) is 5.64. The van der Waals surface area contributed by atoms with Gasteiger partial charge in [-0.25, -0.2) is 13.1 Å². The van der Waals surface area contributed by atoms with E-state index in [1.807, 2.05) is 0 Å². The van der Waals surface area contributed by atoms with Crippen molar-refractivity contribution in [3.05, 3.63) is 35.4 Å². The number of methoxy groups -OCH3 is 1. The van der Waals surface area contributed by atoms with Crippen LogP contribution in [-0.2, 0) is 20.5 Å². The van der Waals surface area contributed by atoms with Gasteiger partial charge in [0.15, 0.2) is 0 Å². The van der Waals surface area contributed by atoms with Crippen molar-refractivity contribution in [2.24, 2.45) is 5.73 Å². The van der Waals surface area contributed by atoms with Crippen molar-refractivity contribution in [1.29, 1.82) is 0 Å². The number of hydrogen-bond donors (Lipinski definition) is 2. The molecule has 0 heterocycles. The number of hydrogen-bond acceptors (Lipinski definition) is 4. The molecule has 0 unspecified atom stereocenters. The van der Waals surface area contributed by atoms with Gasteiger partial charge in [0, 0.05) is 12.7 Å². The van der Waals surface area contributed by atoms with E-state index in [1.165, 1.54) is 7.11 Å². The molecular weight excluding hydrogens is 296 g/mol. The number of sulfonamides is 1. The maximum absolute atomic E-state index is 12.1. The van der Waals surface area contributed by atoms with Crippen LogP contribution in [-0.4, -0.2) is 32.7 Å². The molecule has 7 heteroatoms. The van der Waals surface area contributed by atoms with Crippen molar-refractivity contribution < 1.29 is 13.2 Å². The topological polar surface area (TPSA) is 81.4 Å². The SMILES string of the molecule is COCC(C)(C)NS(=O)(=O)Cc1cccc(C(N)=S)c1. The molecule has 1 aromatic carbocycles. The predicted molar refractivity (Wildman–Crippen MR) is 84.0 cm³/mol. The van der Waals surface area contributed by atoms with E-state index < -0.39 is 15.6 Å². The summed E-state index contributed by atoms with van der Waals surface area (Å²) in [4.78, 5) is 0.247. The van der Waals surface area contributed by atoms with Crippen molar-refractivity contribution in [2.75, 3.05) is 13.7 Å². The van der Waals surface area contributed by atoms with Gasteiger partial charge in [-0.05, 0) is 25.5 Å². The maximum atomic E-state index is 12.1. The van der Waals surface area contributed by atoms with Crippen LogP contribution < -0.4 is 10.5 Å². The number of thiocarbonyl (C=S) groups is 1. The molecule has 5 nitrogen and oxygen atoms in total. The largest absolute Gasteiger partial charge is 0.389 e. The smallest absolute Gasteiger partial charge is 0.216 e. The zero-order valence-electron chi connectivity index (χ0n) is 11.8. The summed E-state index contributed by atoms with van der Waals surface area (Å²) >= 11 is 4.88. The summed E-state index contributed by atoms with van der Waals surface area (Å²) in [6.07, 6.45) is 0. The van der Waals surface area contributed by atoms with Crippen LogP contribution in [0.25, 0.3) is 0 Å². The lowest BCUT2D eigenvalue weighted by Gasteiger charge is -2.24. The minimum Gasteiger partial charge on any atom is -0.389 e. The van der Waals surface area contributed by atoms with E-state index in [0.717, 1.165) is 0 Å². The molecule has 0 aliphatic heterocycles. The number of nitrogens with two attached hydrogens (primary N) is 1. The Bertz CT molecular complexity index is 583. The Morgan fingerprint density at radius 3 is 2.65 bits per heavy atom. The average Bonchev–Trinajstić information content (AvgIpc) is 2.26. The van der Waals surface area contributed by atoms with Gasteiger partial charge in [0.2, 0.25) is 10.0 Å². The normalized spacial score (nSPS) is 12.3. The van der Waals surface area contributed by atoms with Crippen LogP contribution >= 0.6 is 12.2 Å². The second kappa shape index (κ2) is 6.62. The fourth-order valence-corrected chi connectivity index (χ4v) is 3.60. The van der Waals surface area contributed by atoms with Crippen molar-refractivity contribution >= 4 is 27.2 Å². The van der Waals surface area contributed by atoms with E-state index in [-0.39, 0.29) is 10.7 Å². The Hall–Kier alpha value is -1.02. The molecule has 0 radical (unpaired) electrons. The van der Waals surface area contributed by atoms with E-state index in [2.05, 4.69) is 4.72 Å². The third kappa shape index (κ3) is 5.54. The Labute approximate surface area is 125 Å². The molecule has 0 saturated carbocycles. The molecule has 0 aliphatic carbocycles. The molecule has 3 N–H and O–H groups in total. The van der Waals surface area contributed by atoms with Gasteiger partial charge in [0.25, 0.3) is 0 Å². The molecule has 0 fully saturated rings. The first-order chi connectivity index (χ1) is 9.15. The van der Waals surface area contributed by atoms with E-state index in [1.54, 1.807) is 38.1 Å². The van der Waals surface area contributed by atoms with Gasteiger partial charge in [-0.3, -0.25) is 0 Å². The Morgan fingerprint density at radius 2 is 2.10 bits per heavy atom. The highest BCUT2D eigenvalue weighted by atomic mass is 32.2. The molecule has 0 aliphatic rings. The van der Waals surface area contributed by atoms with Gasteiger partial charge in [0.1, 0.15) is 4.99 Å². The number of ether oxygens (including phenoxy) is 1. The van der Waals surface area contributed by atoms with E-state index in [0.29, 0.717) is 17.7 Å². The van der Waals surface area contributed by atoms with Crippen LogP contribution in [0.5, 0.6) is 0 Å². The monoisotopic (exact) mass is 316 g/mol. The van der Waals surface area contributed by atoms with E-state index in [9.17, 15) is 8.42 Å². The average molecular weight is 316 g/mol. The summed E-state index contributed by atoms with van der Waals surface area (Å²) in [7, 11) is -1.94. The minimum atomic E-state index is -3.47. The van der Waals surface area contributed by atoms with Crippen LogP contribution in [0.15, 0.2) is 24.3 Å². The standard InChI is InChI=1S/C13H20N2O3S2/c1-13(2,9-18-3)15-20(16,17)8-10-5-4-6-11(7-10)12(14)19/h4-7,15H,8-9H2,1-3H3,(H2,14,19). The summed E-state index contributed by atoms with van der Waals surface area (Å²) in [6.45, 7) is 3.82. The van der Waals surface area contributed by atoms with Crippen molar-refractivity contribution in [3.8, 4) is 0 Å². The van der Waals surface area contributed by atoms with Crippen LogP contribution in [0, 0.1) is 0 Å². The Morgan fingerprint density at radius 1 is 1.45 bits per heavy atom. The van der Waals surface area contributed by atoms with Crippen molar-refractivity contribution in [1.82, 2.24) is 4.72 Å². The first-order valence-corrected chi connectivity index (χ1v) is 8.10. The number of rotatable bonds is 7. The fraction of sp³-hybridized carbons (Fsp3) is 0.462. The molecule has 0 saturated heterocycles. The zero-order valence-corrected chi connectivity index (χ0v) is 13.5. The Balaban J connectivity index is 2.86. The van der Waals surface area contributed by atoms with Gasteiger partial charge in [-0.15, -0.1) is 0 Å². The summed E-state index contributed by atoms with van der Waals surface area (Å²) < 4.78 is 31.9. The first kappa shape index (κ1) is 17.0. The molecule has 0 amide bonds. The lowest BCUT2D eigenvalue weighted by molar-refractivity contribution is 0.141. The third-order valence-corrected chi connectivity index (χ3v) is 4.32. The van der Waals surface area contributed by atoms with Crippen LogP contribution in [0.1, 0.15) is 25.0 Å². The maximum Gasteiger partial charge on any atom is 0.216 e. The molecule has 0 spiro atoms. The van der Waals surface area contributed by atoms with Crippen molar-refractivity contribution in [3.63, 3.8) is 0 Å². The molecule has 1 aromatic rings. The third-order valence-electron chi connectivity index (χ3n) is 2.51. The van der Waals surface area contributed by atoms with Crippen molar-refractivity contribution in [2.45, 2.75) is 25.1 Å². The highest BCUT2D eigenvalue weighted by molar-refractivity contribution is 7.88. The second-order valence-electron chi connectivity index (χ2n) is 5.24. The first-order valence-electron chi connectivity index (χ1n) is 6.04. The van der Waals surface area contributed by atoms with Gasteiger partial charge in [0.05, 0.1) is 17.9 Å². The summed E-state index contributed by atoms with van der Waals surface area (Å²) in [6, 6.07) is 6.90. The highest BCUT2D eigenvalue weighted by Crippen LogP contribution is 2.12. The number of benzene rings is 1. The van der Waals surface area contributed by atoms with Gasteiger partial charge < -0.3 is 10.5 Å². The van der Waals surface area contributed by atoms with Gasteiger partial charge in [-0.1, -0.05) is 30.4 Å². The van der Waals surface area contributed by atoms with Gasteiger partial charge in [-0.2, -0.15) is 0 Å². The van der Waals surface area contributed by atoms with Crippen LogP contribution in [0.4, 0.5) is 0 Å². The van der Waals surface area contributed by atoms with Crippen LogP contribution in [0.2, 0.25) is 0 Å². The lowest BCUT2D eigenvalue weighted by atomic mass is 10.1. The molecule has 112 valence electrons. The minimum absolute atomic E-state index is 0.128. The summed E-state index contributed by atoms with van der Waals surface area (Å²) in [5.74, 6) is -0.128. The summed E-state index contributed by atoms with van der Waals surface area (Å²) in [5, 5.41) is 0. The zero-order chi connectivity index (χ0) is 15.4. The fourth-order valence-electron chi connectivity index (χ4n) is 1.88. The molecule has 0 bridgehead atoms. The van der Waals surface area contributed by atoms with Gasteiger partial charge >= 0.3 is 0 Å². The van der Waals surface area contributed by atoms with Crippen LogP contribution in [0.3, 0.4) is 0 Å². The summed E-state index contributed by atoms with van der Waals surface area (Å²) in [5.41, 5.74) is 6.17. The van der Waals surface area contributed by atoms with E-state index >= 15 is 0 Å².